The van der Waals surface area contributed by atoms with E-state index in [0.29, 0.717) is 5.88 Å². The van der Waals surface area contributed by atoms with Crippen molar-refractivity contribution in [3.63, 3.8) is 0 Å². The molecule has 1 aliphatic rings. The molecule has 0 fully saturated rings. The fourth-order valence-corrected chi connectivity index (χ4v) is 0.948. The first kappa shape index (κ1) is 6.97. The summed E-state index contributed by atoms with van der Waals surface area (Å²) in [4.78, 5) is 10.6. The van der Waals surface area contributed by atoms with Gasteiger partial charge in [-0.2, -0.15) is 0 Å². The van der Waals surface area contributed by atoms with E-state index in [0.717, 1.165) is 0 Å². The number of rotatable bonds is 2. The molecule has 4 heteroatoms. The first-order valence-electron chi connectivity index (χ1n) is 3.53. The summed E-state index contributed by atoms with van der Waals surface area (Å²) in [5.41, 5.74) is 0. The quantitative estimate of drug-likeness (QED) is 0.667. The van der Waals surface area contributed by atoms with Crippen molar-refractivity contribution in [2.75, 3.05) is 5.32 Å². The summed E-state index contributed by atoms with van der Waals surface area (Å²) in [6.07, 6.45) is 4.15. The SMILES string of the molecule is O=C1C=CC(Nc2ccco2)O1. The second kappa shape index (κ2) is 2.73. The molecule has 1 unspecified atom stereocenters. The van der Waals surface area contributed by atoms with Crippen molar-refractivity contribution in [1.82, 2.24) is 0 Å². The molecule has 0 saturated carbocycles. The van der Waals surface area contributed by atoms with Crippen molar-refractivity contribution in [1.29, 1.82) is 0 Å². The number of nitrogens with one attached hydrogen (secondary N) is 1. The van der Waals surface area contributed by atoms with Gasteiger partial charge in [-0.15, -0.1) is 0 Å². The Hall–Kier alpha value is -1.71. The van der Waals surface area contributed by atoms with Crippen LogP contribution in [-0.4, -0.2) is 12.2 Å². The van der Waals surface area contributed by atoms with Crippen molar-refractivity contribution >= 4 is 11.9 Å². The number of furan rings is 1. The zero-order valence-corrected chi connectivity index (χ0v) is 6.19. The highest BCUT2D eigenvalue weighted by Gasteiger charge is 2.16. The second-order valence-electron chi connectivity index (χ2n) is 2.34. The molecule has 0 saturated heterocycles. The summed E-state index contributed by atoms with van der Waals surface area (Å²) in [6.45, 7) is 0. The molecule has 1 aromatic rings. The molecule has 1 N–H and O–H groups in total. The van der Waals surface area contributed by atoms with Crippen molar-refractivity contribution in [2.24, 2.45) is 0 Å². The minimum Gasteiger partial charge on any atom is -0.449 e. The second-order valence-corrected chi connectivity index (χ2v) is 2.34. The van der Waals surface area contributed by atoms with E-state index in [9.17, 15) is 4.79 Å². The molecule has 0 aromatic carbocycles. The highest BCUT2D eigenvalue weighted by Crippen LogP contribution is 2.12. The maximum atomic E-state index is 10.6. The highest BCUT2D eigenvalue weighted by molar-refractivity contribution is 5.84. The van der Waals surface area contributed by atoms with E-state index in [1.165, 1.54) is 6.08 Å². The third-order valence-corrected chi connectivity index (χ3v) is 1.46. The molecule has 1 aliphatic heterocycles. The number of anilines is 1. The third-order valence-electron chi connectivity index (χ3n) is 1.46. The molecule has 0 radical (unpaired) electrons. The molecule has 1 aromatic heterocycles. The van der Waals surface area contributed by atoms with E-state index in [-0.39, 0.29) is 5.97 Å². The Kier molecular flexibility index (Phi) is 1.59. The predicted octanol–water partition coefficient (Wildman–Crippen LogP) is 1.13. The number of hydrogen-bond acceptors (Lipinski definition) is 4. The van der Waals surface area contributed by atoms with Crippen LogP contribution in [0.3, 0.4) is 0 Å². The molecule has 2 rings (SSSR count). The molecule has 0 amide bonds. The smallest absolute Gasteiger partial charge is 0.332 e. The van der Waals surface area contributed by atoms with Gasteiger partial charge in [0.25, 0.3) is 0 Å². The normalized spacial score (nSPS) is 21.0. The van der Waals surface area contributed by atoms with E-state index in [2.05, 4.69) is 5.32 Å². The van der Waals surface area contributed by atoms with Crippen LogP contribution in [0.2, 0.25) is 0 Å². The number of cyclic esters (lactones) is 1. The van der Waals surface area contributed by atoms with E-state index in [1.54, 1.807) is 24.5 Å². The van der Waals surface area contributed by atoms with Gasteiger partial charge in [0.05, 0.1) is 6.26 Å². The van der Waals surface area contributed by atoms with E-state index < -0.39 is 6.23 Å². The molecule has 1 atom stereocenters. The van der Waals surface area contributed by atoms with Gasteiger partial charge in [-0.25, -0.2) is 4.79 Å². The Balaban J connectivity index is 1.97. The van der Waals surface area contributed by atoms with Crippen LogP contribution in [-0.2, 0) is 9.53 Å². The molecule has 2 heterocycles. The fraction of sp³-hybridized carbons (Fsp3) is 0.125. The van der Waals surface area contributed by atoms with Gasteiger partial charge in [0.2, 0.25) is 0 Å². The molecule has 0 spiro atoms. The van der Waals surface area contributed by atoms with Crippen LogP contribution in [0, 0.1) is 0 Å². The lowest BCUT2D eigenvalue weighted by atomic mass is 10.5. The number of esters is 1. The lowest BCUT2D eigenvalue weighted by molar-refractivity contribution is -0.137. The molecule has 12 heavy (non-hydrogen) atoms. The van der Waals surface area contributed by atoms with Crippen molar-refractivity contribution in [2.45, 2.75) is 6.23 Å². The zero-order chi connectivity index (χ0) is 8.39. The first-order chi connectivity index (χ1) is 5.84. The fourth-order valence-electron chi connectivity index (χ4n) is 0.948. The van der Waals surface area contributed by atoms with Gasteiger partial charge in [0.15, 0.2) is 12.1 Å². The van der Waals surface area contributed by atoms with Gasteiger partial charge in [-0.3, -0.25) is 0 Å². The monoisotopic (exact) mass is 165 g/mol. The van der Waals surface area contributed by atoms with Crippen LogP contribution in [0.5, 0.6) is 0 Å². The van der Waals surface area contributed by atoms with Crippen molar-refractivity contribution < 1.29 is 13.9 Å². The van der Waals surface area contributed by atoms with E-state index >= 15 is 0 Å². The van der Waals surface area contributed by atoms with Gasteiger partial charge < -0.3 is 14.5 Å². The number of ether oxygens (including phenoxy) is 1. The summed E-state index contributed by atoms with van der Waals surface area (Å²) in [5.74, 6) is 0.249. The van der Waals surface area contributed by atoms with Gasteiger partial charge in [-0.1, -0.05) is 0 Å². The zero-order valence-electron chi connectivity index (χ0n) is 6.19. The average molecular weight is 165 g/mol. The maximum absolute atomic E-state index is 10.6. The van der Waals surface area contributed by atoms with Crippen LogP contribution >= 0.6 is 0 Å². The van der Waals surface area contributed by atoms with Crippen molar-refractivity contribution in [3.05, 3.63) is 30.5 Å². The van der Waals surface area contributed by atoms with E-state index in [1.807, 2.05) is 0 Å². The summed E-state index contributed by atoms with van der Waals surface area (Å²) in [5, 5.41) is 2.85. The summed E-state index contributed by atoms with van der Waals surface area (Å²) >= 11 is 0. The van der Waals surface area contributed by atoms with Gasteiger partial charge >= 0.3 is 5.97 Å². The van der Waals surface area contributed by atoms with Crippen LogP contribution in [0.4, 0.5) is 5.88 Å². The standard InChI is InChI=1S/C8H7NO3/c10-8-4-3-7(12-8)9-6-2-1-5-11-6/h1-5,7,9H. The Labute approximate surface area is 68.8 Å². The Bertz CT molecular complexity index is 302. The molecule has 62 valence electrons. The Morgan fingerprint density at radius 2 is 2.42 bits per heavy atom. The Morgan fingerprint density at radius 3 is 3.00 bits per heavy atom. The van der Waals surface area contributed by atoms with Crippen molar-refractivity contribution in [3.8, 4) is 0 Å². The van der Waals surface area contributed by atoms with E-state index in [4.69, 9.17) is 9.15 Å². The van der Waals surface area contributed by atoms with Gasteiger partial charge in [0.1, 0.15) is 0 Å². The van der Waals surface area contributed by atoms with Crippen LogP contribution < -0.4 is 5.32 Å². The Morgan fingerprint density at radius 1 is 1.50 bits per heavy atom. The average Bonchev–Trinajstić information content (AvgIpc) is 2.63. The molecule has 0 aliphatic carbocycles. The topological polar surface area (TPSA) is 51.5 Å². The molecular formula is C8H7NO3. The minimum absolute atomic E-state index is 0.334. The molecule has 0 bridgehead atoms. The highest BCUT2D eigenvalue weighted by atomic mass is 16.6. The van der Waals surface area contributed by atoms with Crippen LogP contribution in [0.25, 0.3) is 0 Å². The lowest BCUT2D eigenvalue weighted by Crippen LogP contribution is -2.17. The maximum Gasteiger partial charge on any atom is 0.332 e. The summed E-state index contributed by atoms with van der Waals surface area (Å²) < 4.78 is 9.81. The van der Waals surface area contributed by atoms with Gasteiger partial charge in [-0.05, 0) is 12.1 Å². The first-order valence-corrected chi connectivity index (χ1v) is 3.53. The number of carbonyl (C=O) groups is 1. The number of carbonyl (C=O) groups excluding carboxylic acids is 1. The number of hydrogen-bond donors (Lipinski definition) is 1. The third kappa shape index (κ3) is 1.32. The minimum atomic E-state index is -0.399. The summed E-state index contributed by atoms with van der Waals surface area (Å²) in [7, 11) is 0. The largest absolute Gasteiger partial charge is 0.449 e. The van der Waals surface area contributed by atoms with Gasteiger partial charge in [0, 0.05) is 12.1 Å². The molecular weight excluding hydrogens is 158 g/mol. The predicted molar refractivity (Wildman–Crippen MR) is 41.4 cm³/mol. The van der Waals surface area contributed by atoms with Crippen LogP contribution in [0.15, 0.2) is 35.0 Å². The lowest BCUT2D eigenvalue weighted by Gasteiger charge is -2.08. The molecule has 4 nitrogen and oxygen atoms in total. The van der Waals surface area contributed by atoms with Crippen LogP contribution in [0.1, 0.15) is 0 Å². The summed E-state index contributed by atoms with van der Waals surface area (Å²) in [6, 6.07) is 3.50.